The Morgan fingerprint density at radius 2 is 1.47 bits per heavy atom. The fraction of sp³-hybridized carbons (Fsp3) is 0.269. The largest absolute Gasteiger partial charge is 0.494 e. The van der Waals surface area contributed by atoms with Crippen LogP contribution in [0.4, 0.5) is 5.69 Å². The summed E-state index contributed by atoms with van der Waals surface area (Å²) in [7, 11) is 0. The number of benzene rings is 3. The summed E-state index contributed by atoms with van der Waals surface area (Å²) in [6.07, 6.45) is 3.31. The Kier molecular flexibility index (Phi) is 8.34. The number of hydrogen-bond donors (Lipinski definition) is 1. The molecule has 0 bridgehead atoms. The van der Waals surface area contributed by atoms with Crippen LogP contribution >= 0.6 is 0 Å². The second-order valence-corrected chi connectivity index (χ2v) is 7.19. The number of carbonyl (C=O) groups excluding carboxylic acids is 1. The first-order valence-electron chi connectivity index (χ1n) is 10.5. The molecule has 1 N–H and O–H groups in total. The molecular weight excluding hydrogens is 374 g/mol. The average Bonchev–Trinajstić information content (AvgIpc) is 2.78. The van der Waals surface area contributed by atoms with Gasteiger partial charge in [0.2, 0.25) is 5.91 Å². The fourth-order valence-corrected chi connectivity index (χ4v) is 3.06. The van der Waals surface area contributed by atoms with Crippen LogP contribution in [-0.4, -0.2) is 12.5 Å². The van der Waals surface area contributed by atoms with E-state index < -0.39 is 0 Å². The Morgan fingerprint density at radius 3 is 2.17 bits per heavy atom. The van der Waals surface area contributed by atoms with Crippen LogP contribution in [0.1, 0.15) is 37.3 Å². The van der Waals surface area contributed by atoms with Gasteiger partial charge in [0.25, 0.3) is 0 Å². The van der Waals surface area contributed by atoms with Crippen molar-refractivity contribution in [2.75, 3.05) is 11.9 Å². The summed E-state index contributed by atoms with van der Waals surface area (Å²) in [5, 5.41) is 2.91. The van der Waals surface area contributed by atoms with Crippen molar-refractivity contribution in [1.82, 2.24) is 0 Å². The zero-order chi connectivity index (χ0) is 21.0. The van der Waals surface area contributed by atoms with Crippen molar-refractivity contribution in [2.45, 2.75) is 39.2 Å². The van der Waals surface area contributed by atoms with Gasteiger partial charge in [-0.3, -0.25) is 4.79 Å². The lowest BCUT2D eigenvalue weighted by Gasteiger charge is -2.09. The molecule has 0 aliphatic carbocycles. The van der Waals surface area contributed by atoms with Gasteiger partial charge >= 0.3 is 0 Å². The Labute approximate surface area is 178 Å². The van der Waals surface area contributed by atoms with Gasteiger partial charge in [-0.2, -0.15) is 0 Å². The van der Waals surface area contributed by atoms with E-state index in [0.717, 1.165) is 35.6 Å². The van der Waals surface area contributed by atoms with Gasteiger partial charge in [-0.05, 0) is 60.4 Å². The minimum absolute atomic E-state index is 0.0187. The topological polar surface area (TPSA) is 47.6 Å². The lowest BCUT2D eigenvalue weighted by atomic mass is 10.1. The highest BCUT2D eigenvalue weighted by Gasteiger charge is 2.04. The third-order valence-electron chi connectivity index (χ3n) is 4.67. The summed E-state index contributed by atoms with van der Waals surface area (Å²) in [6, 6.07) is 25.6. The molecule has 0 fully saturated rings. The van der Waals surface area contributed by atoms with Crippen molar-refractivity contribution in [3.63, 3.8) is 0 Å². The zero-order valence-corrected chi connectivity index (χ0v) is 17.5. The predicted molar refractivity (Wildman–Crippen MR) is 121 cm³/mol. The number of hydrogen-bond acceptors (Lipinski definition) is 3. The van der Waals surface area contributed by atoms with Crippen LogP contribution < -0.4 is 14.8 Å². The molecule has 0 heterocycles. The molecule has 0 saturated carbocycles. The normalized spacial score (nSPS) is 10.4. The summed E-state index contributed by atoms with van der Waals surface area (Å²) < 4.78 is 11.5. The quantitative estimate of drug-likeness (QED) is 0.399. The molecule has 30 heavy (non-hydrogen) atoms. The first-order chi connectivity index (χ1) is 14.7. The third-order valence-corrected chi connectivity index (χ3v) is 4.67. The molecule has 0 radical (unpaired) electrons. The number of nitrogens with one attached hydrogen (secondary N) is 1. The molecule has 0 atom stereocenters. The lowest BCUT2D eigenvalue weighted by Crippen LogP contribution is -2.12. The maximum absolute atomic E-state index is 12.1. The van der Waals surface area contributed by atoms with E-state index in [0.29, 0.717) is 26.1 Å². The van der Waals surface area contributed by atoms with Crippen molar-refractivity contribution in [1.29, 1.82) is 0 Å². The molecule has 0 unspecified atom stereocenters. The number of aryl methyl sites for hydroxylation is 1. The van der Waals surface area contributed by atoms with E-state index in [1.165, 1.54) is 5.56 Å². The maximum Gasteiger partial charge on any atom is 0.224 e. The molecule has 3 aromatic carbocycles. The highest BCUT2D eigenvalue weighted by Crippen LogP contribution is 2.18. The van der Waals surface area contributed by atoms with Crippen LogP contribution in [0.3, 0.4) is 0 Å². The molecule has 0 spiro atoms. The molecule has 3 rings (SSSR count). The molecule has 0 aromatic heterocycles. The molecule has 0 aliphatic rings. The molecule has 156 valence electrons. The fourth-order valence-electron chi connectivity index (χ4n) is 3.06. The van der Waals surface area contributed by atoms with E-state index in [9.17, 15) is 4.79 Å². The van der Waals surface area contributed by atoms with Gasteiger partial charge in [0.05, 0.1) is 6.61 Å². The predicted octanol–water partition coefficient (Wildman–Crippen LogP) is 6.02. The van der Waals surface area contributed by atoms with E-state index in [1.54, 1.807) is 0 Å². The zero-order valence-electron chi connectivity index (χ0n) is 17.5. The van der Waals surface area contributed by atoms with Crippen molar-refractivity contribution in [3.05, 3.63) is 90.0 Å². The standard InChI is InChI=1S/C26H29NO3/c1-2-7-21-11-15-24(16-12-21)29-19-6-10-26(28)27-23-13-17-25(18-14-23)30-20-22-8-4-3-5-9-22/h3-5,8-9,11-18H,2,6-7,10,19-20H2,1H3,(H,27,28). The van der Waals surface area contributed by atoms with Crippen molar-refractivity contribution in [2.24, 2.45) is 0 Å². The van der Waals surface area contributed by atoms with E-state index >= 15 is 0 Å². The molecule has 3 aromatic rings. The summed E-state index contributed by atoms with van der Waals surface area (Å²) in [6.45, 7) is 3.21. The average molecular weight is 404 g/mol. The van der Waals surface area contributed by atoms with Crippen LogP contribution in [-0.2, 0) is 17.8 Å². The van der Waals surface area contributed by atoms with Gasteiger partial charge in [0.15, 0.2) is 0 Å². The van der Waals surface area contributed by atoms with Gasteiger partial charge in [0, 0.05) is 12.1 Å². The summed E-state index contributed by atoms with van der Waals surface area (Å²) in [5.74, 6) is 1.60. The summed E-state index contributed by atoms with van der Waals surface area (Å²) in [4.78, 5) is 12.1. The van der Waals surface area contributed by atoms with E-state index in [2.05, 4.69) is 24.4 Å². The van der Waals surface area contributed by atoms with Crippen molar-refractivity contribution < 1.29 is 14.3 Å². The second-order valence-electron chi connectivity index (χ2n) is 7.19. The van der Waals surface area contributed by atoms with Crippen LogP contribution in [0, 0.1) is 0 Å². The molecular formula is C26H29NO3. The SMILES string of the molecule is CCCc1ccc(OCCCC(=O)Nc2ccc(OCc3ccccc3)cc2)cc1. The number of amides is 1. The van der Waals surface area contributed by atoms with Crippen LogP contribution in [0.2, 0.25) is 0 Å². The van der Waals surface area contributed by atoms with Crippen molar-refractivity contribution >= 4 is 11.6 Å². The molecule has 0 saturated heterocycles. The van der Waals surface area contributed by atoms with Gasteiger partial charge < -0.3 is 14.8 Å². The van der Waals surface area contributed by atoms with Gasteiger partial charge in [-0.25, -0.2) is 0 Å². The van der Waals surface area contributed by atoms with E-state index in [4.69, 9.17) is 9.47 Å². The van der Waals surface area contributed by atoms with Gasteiger partial charge in [0.1, 0.15) is 18.1 Å². The van der Waals surface area contributed by atoms with E-state index in [1.807, 2.05) is 66.7 Å². The second kappa shape index (κ2) is 11.7. The summed E-state index contributed by atoms with van der Waals surface area (Å²) in [5.41, 5.74) is 3.20. The number of carbonyl (C=O) groups is 1. The number of rotatable bonds is 11. The molecule has 0 aliphatic heterocycles. The first-order valence-corrected chi connectivity index (χ1v) is 10.5. The molecule has 4 heteroatoms. The third kappa shape index (κ3) is 7.28. The minimum atomic E-state index is -0.0187. The van der Waals surface area contributed by atoms with E-state index in [-0.39, 0.29) is 5.91 Å². The maximum atomic E-state index is 12.1. The van der Waals surface area contributed by atoms with Crippen LogP contribution in [0.25, 0.3) is 0 Å². The lowest BCUT2D eigenvalue weighted by molar-refractivity contribution is -0.116. The highest BCUT2D eigenvalue weighted by atomic mass is 16.5. The van der Waals surface area contributed by atoms with Crippen LogP contribution in [0.15, 0.2) is 78.9 Å². The first kappa shape index (κ1) is 21.4. The van der Waals surface area contributed by atoms with Crippen LogP contribution in [0.5, 0.6) is 11.5 Å². The summed E-state index contributed by atoms with van der Waals surface area (Å²) >= 11 is 0. The highest BCUT2D eigenvalue weighted by molar-refractivity contribution is 5.90. The van der Waals surface area contributed by atoms with Gasteiger partial charge in [-0.15, -0.1) is 0 Å². The molecule has 4 nitrogen and oxygen atoms in total. The van der Waals surface area contributed by atoms with Crippen molar-refractivity contribution in [3.8, 4) is 11.5 Å². The Bertz CT molecular complexity index is 890. The molecule has 1 amide bonds. The smallest absolute Gasteiger partial charge is 0.224 e. The number of ether oxygens (including phenoxy) is 2. The van der Waals surface area contributed by atoms with Gasteiger partial charge in [-0.1, -0.05) is 55.8 Å². The Hall–Kier alpha value is -3.27. The Balaban J connectivity index is 1.34. The minimum Gasteiger partial charge on any atom is -0.494 e. The monoisotopic (exact) mass is 403 g/mol. The Morgan fingerprint density at radius 1 is 0.800 bits per heavy atom. The number of anilines is 1.